The fraction of sp³-hybridized carbons (Fsp3) is 0.300. The Kier molecular flexibility index (Phi) is 4.09. The summed E-state index contributed by atoms with van der Waals surface area (Å²) >= 11 is 0. The fourth-order valence-electron chi connectivity index (χ4n) is 0.998. The molecule has 0 aliphatic heterocycles. The van der Waals surface area contributed by atoms with Crippen LogP contribution in [0, 0.1) is 22.0 Å². The number of amides is 1. The van der Waals surface area contributed by atoms with Gasteiger partial charge in [0.05, 0.1) is 6.07 Å². The minimum absolute atomic E-state index is 0.0730. The van der Waals surface area contributed by atoms with E-state index in [1.165, 1.54) is 6.07 Å². The summed E-state index contributed by atoms with van der Waals surface area (Å²) in [6, 6.07) is 2.40. The summed E-state index contributed by atoms with van der Waals surface area (Å²) in [5.74, 6) is 4.46. The number of hydrogen-bond donors (Lipinski definition) is 1. The second-order valence-electron chi connectivity index (χ2n) is 2.83. The van der Waals surface area contributed by atoms with Crippen molar-refractivity contribution in [3.8, 4) is 11.8 Å². The Bertz CT molecular complexity index is 453. The van der Waals surface area contributed by atoms with Crippen molar-refractivity contribution in [3.05, 3.63) is 28.0 Å². The Morgan fingerprint density at radius 3 is 2.94 bits per heavy atom. The molecule has 0 aliphatic rings. The number of nitro groups is 1. The molecule has 0 unspecified atom stereocenters. The first-order chi connectivity index (χ1) is 7.65. The van der Waals surface area contributed by atoms with Gasteiger partial charge >= 0.3 is 5.88 Å². The van der Waals surface area contributed by atoms with E-state index in [1.807, 2.05) is 0 Å². The summed E-state index contributed by atoms with van der Waals surface area (Å²) < 4.78 is 4.72. The first-order valence-electron chi connectivity index (χ1n) is 4.57. The van der Waals surface area contributed by atoms with Crippen LogP contribution in [0.2, 0.25) is 0 Å². The molecule has 0 radical (unpaired) electrons. The molecule has 0 saturated heterocycles. The smallest absolute Gasteiger partial charge is 0.395 e. The highest BCUT2D eigenvalue weighted by atomic mass is 16.6. The summed E-state index contributed by atoms with van der Waals surface area (Å²) in [6.45, 7) is 2.09. The highest BCUT2D eigenvalue weighted by molar-refractivity contribution is 5.91. The largest absolute Gasteiger partial charge is 0.433 e. The molecule has 1 heterocycles. The SMILES string of the molecule is CC#CCCNC(=O)c1ccc([N+](=O)[O-])o1. The zero-order chi connectivity index (χ0) is 12.0. The quantitative estimate of drug-likeness (QED) is 0.360. The number of carbonyl (C=O) groups excluding carboxylic acids is 1. The van der Waals surface area contributed by atoms with Gasteiger partial charge in [0.2, 0.25) is 0 Å². The molecule has 0 fully saturated rings. The van der Waals surface area contributed by atoms with E-state index in [4.69, 9.17) is 4.42 Å². The topological polar surface area (TPSA) is 85.4 Å². The second kappa shape index (κ2) is 5.56. The molecule has 84 valence electrons. The van der Waals surface area contributed by atoms with Gasteiger partial charge in [0.25, 0.3) is 5.91 Å². The number of nitrogens with zero attached hydrogens (tertiary/aromatic N) is 1. The lowest BCUT2D eigenvalue weighted by atomic mass is 10.4. The number of furan rings is 1. The summed E-state index contributed by atoms with van der Waals surface area (Å²) in [4.78, 5) is 21.0. The Hall–Kier alpha value is -2.29. The normalized spacial score (nSPS) is 9.06. The van der Waals surface area contributed by atoms with Crippen LogP contribution < -0.4 is 5.32 Å². The van der Waals surface area contributed by atoms with Crippen LogP contribution in [0.4, 0.5) is 5.88 Å². The van der Waals surface area contributed by atoms with E-state index in [-0.39, 0.29) is 5.76 Å². The van der Waals surface area contributed by atoms with Crippen LogP contribution in [-0.2, 0) is 0 Å². The second-order valence-corrected chi connectivity index (χ2v) is 2.83. The van der Waals surface area contributed by atoms with Crippen molar-refractivity contribution < 1.29 is 14.1 Å². The van der Waals surface area contributed by atoms with E-state index in [9.17, 15) is 14.9 Å². The van der Waals surface area contributed by atoms with Crippen molar-refractivity contribution in [1.82, 2.24) is 5.32 Å². The third kappa shape index (κ3) is 3.13. The lowest BCUT2D eigenvalue weighted by Gasteiger charge is -1.98. The number of hydrogen-bond acceptors (Lipinski definition) is 4. The molecule has 0 aliphatic carbocycles. The van der Waals surface area contributed by atoms with Gasteiger partial charge in [-0.25, -0.2) is 0 Å². The summed E-state index contributed by atoms with van der Waals surface area (Å²) in [5.41, 5.74) is 0. The van der Waals surface area contributed by atoms with Crippen LogP contribution in [0.25, 0.3) is 0 Å². The predicted molar refractivity (Wildman–Crippen MR) is 55.8 cm³/mol. The van der Waals surface area contributed by atoms with E-state index in [2.05, 4.69) is 17.2 Å². The van der Waals surface area contributed by atoms with Gasteiger partial charge in [-0.1, -0.05) is 0 Å². The maximum absolute atomic E-state index is 11.4. The summed E-state index contributed by atoms with van der Waals surface area (Å²) in [7, 11) is 0. The maximum atomic E-state index is 11.4. The lowest BCUT2D eigenvalue weighted by molar-refractivity contribution is -0.402. The van der Waals surface area contributed by atoms with Crippen LogP contribution in [0.1, 0.15) is 23.9 Å². The third-order valence-corrected chi connectivity index (χ3v) is 1.71. The van der Waals surface area contributed by atoms with E-state index >= 15 is 0 Å². The molecular formula is C10H10N2O4. The zero-order valence-corrected chi connectivity index (χ0v) is 8.65. The van der Waals surface area contributed by atoms with Gasteiger partial charge < -0.3 is 9.73 Å². The van der Waals surface area contributed by atoms with Crippen LogP contribution in [0.3, 0.4) is 0 Å². The van der Waals surface area contributed by atoms with Crippen molar-refractivity contribution in [2.45, 2.75) is 13.3 Å². The first kappa shape index (κ1) is 11.8. The van der Waals surface area contributed by atoms with E-state index < -0.39 is 16.7 Å². The number of carbonyl (C=O) groups is 1. The lowest BCUT2D eigenvalue weighted by Crippen LogP contribution is -2.23. The van der Waals surface area contributed by atoms with E-state index in [1.54, 1.807) is 6.92 Å². The van der Waals surface area contributed by atoms with Crippen molar-refractivity contribution in [2.24, 2.45) is 0 Å². The van der Waals surface area contributed by atoms with Gasteiger partial charge in [0, 0.05) is 13.0 Å². The summed E-state index contributed by atoms with van der Waals surface area (Å²) in [5, 5.41) is 12.8. The molecular weight excluding hydrogens is 212 g/mol. The summed E-state index contributed by atoms with van der Waals surface area (Å²) in [6.07, 6.45) is 0.533. The Morgan fingerprint density at radius 2 is 2.38 bits per heavy atom. The standard InChI is InChI=1S/C10H10N2O4/c1-2-3-4-7-11-10(13)8-5-6-9(16-8)12(14)15/h5-6H,4,7H2,1H3,(H,11,13). The average molecular weight is 222 g/mol. The van der Waals surface area contributed by atoms with Crippen LogP contribution in [0.5, 0.6) is 0 Å². The monoisotopic (exact) mass is 222 g/mol. The average Bonchev–Trinajstić information content (AvgIpc) is 2.73. The molecule has 0 atom stereocenters. The Labute approximate surface area is 91.8 Å². The molecule has 0 saturated carbocycles. The molecule has 1 amide bonds. The molecule has 1 rings (SSSR count). The zero-order valence-electron chi connectivity index (χ0n) is 8.65. The highest BCUT2D eigenvalue weighted by Crippen LogP contribution is 2.15. The van der Waals surface area contributed by atoms with Crippen LogP contribution in [0.15, 0.2) is 16.5 Å². The van der Waals surface area contributed by atoms with Gasteiger partial charge in [-0.05, 0) is 13.0 Å². The molecule has 0 spiro atoms. The van der Waals surface area contributed by atoms with Gasteiger partial charge in [-0.15, -0.1) is 11.8 Å². The molecule has 16 heavy (non-hydrogen) atoms. The maximum Gasteiger partial charge on any atom is 0.433 e. The molecule has 1 aromatic rings. The highest BCUT2D eigenvalue weighted by Gasteiger charge is 2.16. The van der Waals surface area contributed by atoms with E-state index in [0.29, 0.717) is 13.0 Å². The van der Waals surface area contributed by atoms with Crippen LogP contribution >= 0.6 is 0 Å². The van der Waals surface area contributed by atoms with Crippen molar-refractivity contribution in [1.29, 1.82) is 0 Å². The van der Waals surface area contributed by atoms with Crippen LogP contribution in [-0.4, -0.2) is 17.4 Å². The molecule has 0 bridgehead atoms. The molecule has 1 aromatic heterocycles. The molecule has 0 aromatic carbocycles. The molecule has 1 N–H and O–H groups in total. The predicted octanol–water partition coefficient (Wildman–Crippen LogP) is 1.33. The van der Waals surface area contributed by atoms with Crippen molar-refractivity contribution in [2.75, 3.05) is 6.54 Å². The van der Waals surface area contributed by atoms with Gasteiger partial charge in [-0.3, -0.25) is 14.9 Å². The van der Waals surface area contributed by atoms with Gasteiger partial charge in [0.1, 0.15) is 4.92 Å². The Morgan fingerprint density at radius 1 is 1.62 bits per heavy atom. The Balaban J connectivity index is 2.51. The number of rotatable bonds is 4. The first-order valence-corrected chi connectivity index (χ1v) is 4.57. The fourth-order valence-corrected chi connectivity index (χ4v) is 0.998. The minimum Gasteiger partial charge on any atom is -0.395 e. The van der Waals surface area contributed by atoms with Gasteiger partial charge in [-0.2, -0.15) is 0 Å². The van der Waals surface area contributed by atoms with E-state index in [0.717, 1.165) is 6.07 Å². The third-order valence-electron chi connectivity index (χ3n) is 1.71. The molecule has 6 heteroatoms. The van der Waals surface area contributed by atoms with Crippen molar-refractivity contribution >= 4 is 11.8 Å². The van der Waals surface area contributed by atoms with Gasteiger partial charge in [0.15, 0.2) is 5.76 Å². The minimum atomic E-state index is -0.695. The molecule has 6 nitrogen and oxygen atoms in total. The number of nitrogens with one attached hydrogen (secondary N) is 1. The van der Waals surface area contributed by atoms with Crippen molar-refractivity contribution in [3.63, 3.8) is 0 Å².